The van der Waals surface area contributed by atoms with E-state index >= 15 is 0 Å². The molecule has 0 atom stereocenters. The Kier molecular flexibility index (Phi) is 5.61. The number of nitrogens with zero attached hydrogens (tertiary/aromatic N) is 2. The summed E-state index contributed by atoms with van der Waals surface area (Å²) >= 11 is 0. The Labute approximate surface area is 122 Å². The van der Waals surface area contributed by atoms with Gasteiger partial charge in [-0.05, 0) is 37.7 Å². The second-order valence-electron chi connectivity index (χ2n) is 6.16. The van der Waals surface area contributed by atoms with Crippen molar-refractivity contribution in [2.75, 3.05) is 13.2 Å². The first-order valence-corrected chi connectivity index (χ1v) is 8.00. The molecule has 1 fully saturated rings. The molecule has 0 saturated heterocycles. The van der Waals surface area contributed by atoms with E-state index in [4.69, 9.17) is 10.5 Å². The Bertz CT molecular complexity index is 394. The molecule has 0 unspecified atom stereocenters. The van der Waals surface area contributed by atoms with Gasteiger partial charge in [0, 0.05) is 31.9 Å². The second-order valence-corrected chi connectivity index (χ2v) is 6.16. The Morgan fingerprint density at radius 2 is 2.20 bits per heavy atom. The van der Waals surface area contributed by atoms with E-state index in [1.165, 1.54) is 31.4 Å². The zero-order chi connectivity index (χ0) is 14.4. The Morgan fingerprint density at radius 3 is 2.75 bits per heavy atom. The molecule has 1 saturated carbocycles. The third-order valence-electron chi connectivity index (χ3n) is 4.77. The maximum atomic E-state index is 6.21. The standard InChI is InChI=1S/C16H29N3O/c1-3-4-14-5-9-16(13-17,10-6-14)20-12-8-15-7-11-18-19(15)2/h7,11,14H,3-6,8-10,12-13,17H2,1-2H3. The first kappa shape index (κ1) is 15.5. The van der Waals surface area contributed by atoms with Crippen LogP contribution in [0.1, 0.15) is 51.1 Å². The van der Waals surface area contributed by atoms with Crippen molar-refractivity contribution in [3.63, 3.8) is 0 Å². The zero-order valence-electron chi connectivity index (χ0n) is 13.0. The number of hydrogen-bond acceptors (Lipinski definition) is 3. The summed E-state index contributed by atoms with van der Waals surface area (Å²) in [5.74, 6) is 0.889. The van der Waals surface area contributed by atoms with Crippen molar-refractivity contribution >= 4 is 0 Å². The van der Waals surface area contributed by atoms with E-state index in [-0.39, 0.29) is 5.60 Å². The molecule has 0 aliphatic heterocycles. The molecule has 1 aliphatic carbocycles. The molecule has 20 heavy (non-hydrogen) atoms. The molecule has 0 aromatic carbocycles. The van der Waals surface area contributed by atoms with Crippen LogP contribution in [0.2, 0.25) is 0 Å². The number of aromatic nitrogens is 2. The third-order valence-corrected chi connectivity index (χ3v) is 4.77. The first-order chi connectivity index (χ1) is 9.69. The minimum Gasteiger partial charge on any atom is -0.373 e. The van der Waals surface area contributed by atoms with E-state index in [1.54, 1.807) is 0 Å². The summed E-state index contributed by atoms with van der Waals surface area (Å²) in [4.78, 5) is 0. The summed E-state index contributed by atoms with van der Waals surface area (Å²) < 4.78 is 8.12. The van der Waals surface area contributed by atoms with E-state index in [0.29, 0.717) is 6.54 Å². The molecule has 0 amide bonds. The highest BCUT2D eigenvalue weighted by Crippen LogP contribution is 2.36. The van der Waals surface area contributed by atoms with Crippen LogP contribution in [0.25, 0.3) is 0 Å². The van der Waals surface area contributed by atoms with E-state index in [0.717, 1.165) is 31.8 Å². The lowest BCUT2D eigenvalue weighted by Gasteiger charge is -2.39. The van der Waals surface area contributed by atoms with Gasteiger partial charge in [-0.1, -0.05) is 19.8 Å². The van der Waals surface area contributed by atoms with Gasteiger partial charge in [-0.2, -0.15) is 5.10 Å². The van der Waals surface area contributed by atoms with Crippen LogP contribution in [0.5, 0.6) is 0 Å². The minimum atomic E-state index is -0.0666. The molecule has 114 valence electrons. The average Bonchev–Trinajstić information content (AvgIpc) is 2.87. The predicted octanol–water partition coefficient (Wildman–Crippen LogP) is 2.67. The molecular formula is C16H29N3O. The molecule has 1 aromatic heterocycles. The minimum absolute atomic E-state index is 0.0666. The summed E-state index contributed by atoms with van der Waals surface area (Å²) in [5.41, 5.74) is 7.16. The van der Waals surface area contributed by atoms with Crippen LogP contribution in [-0.4, -0.2) is 28.5 Å². The summed E-state index contributed by atoms with van der Waals surface area (Å²) in [6.45, 7) is 3.67. The van der Waals surface area contributed by atoms with Gasteiger partial charge >= 0.3 is 0 Å². The third kappa shape index (κ3) is 3.83. The highest BCUT2D eigenvalue weighted by molar-refractivity contribution is 5.00. The molecule has 4 nitrogen and oxygen atoms in total. The van der Waals surface area contributed by atoms with Crippen molar-refractivity contribution in [2.24, 2.45) is 18.7 Å². The van der Waals surface area contributed by atoms with Crippen LogP contribution in [0.4, 0.5) is 0 Å². The van der Waals surface area contributed by atoms with Crippen molar-refractivity contribution in [2.45, 2.75) is 57.5 Å². The van der Waals surface area contributed by atoms with Gasteiger partial charge in [-0.25, -0.2) is 0 Å². The van der Waals surface area contributed by atoms with Gasteiger partial charge < -0.3 is 10.5 Å². The van der Waals surface area contributed by atoms with Gasteiger partial charge in [0.05, 0.1) is 12.2 Å². The van der Waals surface area contributed by atoms with Gasteiger partial charge in [0.1, 0.15) is 0 Å². The predicted molar refractivity (Wildman–Crippen MR) is 81.5 cm³/mol. The van der Waals surface area contributed by atoms with Crippen LogP contribution in [0.3, 0.4) is 0 Å². The summed E-state index contributed by atoms with van der Waals surface area (Å²) in [6.07, 6.45) is 10.2. The number of nitrogens with two attached hydrogens (primary N) is 1. The molecule has 1 aromatic rings. The molecule has 0 spiro atoms. The number of ether oxygens (including phenoxy) is 1. The van der Waals surface area contributed by atoms with Crippen molar-refractivity contribution in [1.29, 1.82) is 0 Å². The van der Waals surface area contributed by atoms with E-state index < -0.39 is 0 Å². The molecule has 1 aliphatic rings. The number of aryl methyl sites for hydroxylation is 1. The molecule has 4 heteroatoms. The Hall–Kier alpha value is -0.870. The highest BCUT2D eigenvalue weighted by atomic mass is 16.5. The molecule has 1 heterocycles. The fourth-order valence-electron chi connectivity index (χ4n) is 3.33. The monoisotopic (exact) mass is 279 g/mol. The van der Waals surface area contributed by atoms with Crippen LogP contribution in [0.15, 0.2) is 12.3 Å². The lowest BCUT2D eigenvalue weighted by Crippen LogP contribution is -2.44. The van der Waals surface area contributed by atoms with Gasteiger partial charge in [0.25, 0.3) is 0 Å². The topological polar surface area (TPSA) is 53.1 Å². The fraction of sp³-hybridized carbons (Fsp3) is 0.812. The van der Waals surface area contributed by atoms with Crippen molar-refractivity contribution in [3.8, 4) is 0 Å². The highest BCUT2D eigenvalue weighted by Gasteiger charge is 2.34. The van der Waals surface area contributed by atoms with Crippen LogP contribution >= 0.6 is 0 Å². The van der Waals surface area contributed by atoms with Crippen LogP contribution < -0.4 is 5.73 Å². The fourth-order valence-corrected chi connectivity index (χ4v) is 3.33. The lowest BCUT2D eigenvalue weighted by atomic mass is 9.77. The first-order valence-electron chi connectivity index (χ1n) is 8.00. The van der Waals surface area contributed by atoms with Crippen molar-refractivity contribution in [1.82, 2.24) is 9.78 Å². The summed E-state index contributed by atoms with van der Waals surface area (Å²) in [6, 6.07) is 2.05. The molecule has 2 rings (SSSR count). The van der Waals surface area contributed by atoms with E-state index in [9.17, 15) is 0 Å². The maximum Gasteiger partial charge on any atom is 0.0804 e. The quantitative estimate of drug-likeness (QED) is 0.835. The SMILES string of the molecule is CCCC1CCC(CN)(OCCc2ccnn2C)CC1. The van der Waals surface area contributed by atoms with Gasteiger partial charge in [-0.3, -0.25) is 4.68 Å². The Morgan fingerprint density at radius 1 is 1.45 bits per heavy atom. The van der Waals surface area contributed by atoms with Crippen molar-refractivity contribution in [3.05, 3.63) is 18.0 Å². The summed E-state index contributed by atoms with van der Waals surface area (Å²) in [7, 11) is 1.98. The van der Waals surface area contributed by atoms with Crippen LogP contribution in [0, 0.1) is 5.92 Å². The lowest BCUT2D eigenvalue weighted by molar-refractivity contribution is -0.0709. The molecule has 0 bridgehead atoms. The molecule has 2 N–H and O–H groups in total. The normalized spacial score (nSPS) is 26.9. The zero-order valence-corrected chi connectivity index (χ0v) is 13.0. The van der Waals surface area contributed by atoms with E-state index in [1.807, 2.05) is 17.9 Å². The van der Waals surface area contributed by atoms with Crippen LogP contribution in [-0.2, 0) is 18.2 Å². The summed E-state index contributed by atoms with van der Waals surface area (Å²) in [5, 5.41) is 4.19. The maximum absolute atomic E-state index is 6.21. The number of rotatable bonds is 7. The largest absolute Gasteiger partial charge is 0.373 e. The van der Waals surface area contributed by atoms with Crippen molar-refractivity contribution < 1.29 is 4.74 Å². The molecule has 0 radical (unpaired) electrons. The average molecular weight is 279 g/mol. The second kappa shape index (κ2) is 7.23. The van der Waals surface area contributed by atoms with Gasteiger partial charge in [0.2, 0.25) is 0 Å². The Balaban J connectivity index is 1.79. The van der Waals surface area contributed by atoms with Gasteiger partial charge in [0.15, 0.2) is 0 Å². The van der Waals surface area contributed by atoms with Gasteiger partial charge in [-0.15, -0.1) is 0 Å². The smallest absolute Gasteiger partial charge is 0.0804 e. The van der Waals surface area contributed by atoms with E-state index in [2.05, 4.69) is 18.1 Å². The molecular weight excluding hydrogens is 250 g/mol. The number of hydrogen-bond donors (Lipinski definition) is 1.